The summed E-state index contributed by atoms with van der Waals surface area (Å²) in [4.78, 5) is 31.5. The fourth-order valence-electron chi connectivity index (χ4n) is 1.42. The summed E-state index contributed by atoms with van der Waals surface area (Å²) >= 11 is 0. The van der Waals surface area contributed by atoms with Gasteiger partial charge in [-0.25, -0.2) is 9.78 Å². The van der Waals surface area contributed by atoms with Crippen LogP contribution in [-0.4, -0.2) is 27.9 Å². The third-order valence-corrected chi connectivity index (χ3v) is 2.16. The minimum absolute atomic E-state index is 0.212. The second-order valence-electron chi connectivity index (χ2n) is 3.06. The van der Waals surface area contributed by atoms with Gasteiger partial charge in [0.2, 0.25) is 5.43 Å². The van der Waals surface area contributed by atoms with Crippen LogP contribution in [0, 0.1) is 0 Å². The van der Waals surface area contributed by atoms with Crippen molar-refractivity contribution in [3.8, 4) is 0 Å². The van der Waals surface area contributed by atoms with E-state index in [0.717, 1.165) is 10.9 Å². The molecule has 0 amide bonds. The second kappa shape index (κ2) is 3.65. The van der Waals surface area contributed by atoms with Crippen molar-refractivity contribution in [1.29, 1.82) is 0 Å². The maximum atomic E-state index is 11.7. The van der Waals surface area contributed by atoms with Gasteiger partial charge in [0.05, 0.1) is 11.6 Å². The average molecular weight is 220 g/mol. The minimum Gasteiger partial charge on any atom is -0.477 e. The molecule has 16 heavy (non-hydrogen) atoms. The first-order valence-corrected chi connectivity index (χ1v) is 4.43. The molecule has 6 nitrogen and oxygen atoms in total. The summed E-state index contributed by atoms with van der Waals surface area (Å²) in [7, 11) is 1.37. The van der Waals surface area contributed by atoms with Crippen molar-refractivity contribution in [1.82, 2.24) is 9.71 Å². The van der Waals surface area contributed by atoms with Crippen molar-refractivity contribution in [3.63, 3.8) is 0 Å². The van der Waals surface area contributed by atoms with Crippen molar-refractivity contribution >= 4 is 17.0 Å². The fraction of sp³-hybridized carbons (Fsp3) is 0.100. The van der Waals surface area contributed by atoms with Crippen molar-refractivity contribution in [2.45, 2.75) is 0 Å². The maximum Gasteiger partial charge on any atom is 0.341 e. The van der Waals surface area contributed by atoms with Gasteiger partial charge < -0.3 is 9.94 Å². The molecular weight excluding hydrogens is 212 g/mol. The lowest BCUT2D eigenvalue weighted by Gasteiger charge is -2.08. The molecule has 0 aliphatic rings. The molecule has 0 aliphatic heterocycles. The van der Waals surface area contributed by atoms with Gasteiger partial charge in [-0.2, -0.15) is 4.73 Å². The number of hydrogen-bond donors (Lipinski definition) is 1. The molecule has 0 radical (unpaired) electrons. The number of hydrogen-bond acceptors (Lipinski definition) is 4. The van der Waals surface area contributed by atoms with E-state index in [9.17, 15) is 9.59 Å². The summed E-state index contributed by atoms with van der Waals surface area (Å²) < 4.78 is 1.15. The molecule has 0 bridgehead atoms. The van der Waals surface area contributed by atoms with Crippen LogP contribution in [0.2, 0.25) is 0 Å². The molecule has 0 unspecified atom stereocenters. The number of carboxylic acid groups (broad SMARTS) is 1. The molecule has 2 rings (SSSR count). The summed E-state index contributed by atoms with van der Waals surface area (Å²) in [5.74, 6) is -1.29. The van der Waals surface area contributed by atoms with Gasteiger partial charge in [0.25, 0.3) is 0 Å². The monoisotopic (exact) mass is 220 g/mol. The van der Waals surface area contributed by atoms with Crippen molar-refractivity contribution in [3.05, 3.63) is 40.3 Å². The summed E-state index contributed by atoms with van der Waals surface area (Å²) in [5, 5.41) is 9.07. The highest BCUT2D eigenvalue weighted by molar-refractivity contribution is 5.91. The number of fused-ring (bicyclic) bond motifs is 1. The highest BCUT2D eigenvalue weighted by Gasteiger charge is 2.14. The van der Waals surface area contributed by atoms with Gasteiger partial charge in [0.1, 0.15) is 12.7 Å². The van der Waals surface area contributed by atoms with Crippen LogP contribution in [0.25, 0.3) is 11.0 Å². The Morgan fingerprint density at radius 2 is 2.31 bits per heavy atom. The average Bonchev–Trinajstić information content (AvgIpc) is 2.29. The van der Waals surface area contributed by atoms with Gasteiger partial charge in [-0.15, -0.1) is 0 Å². The van der Waals surface area contributed by atoms with E-state index in [1.54, 1.807) is 6.07 Å². The molecule has 0 saturated carbocycles. The molecular formula is C10H8N2O4. The number of pyridine rings is 2. The Morgan fingerprint density at radius 3 is 2.94 bits per heavy atom. The van der Waals surface area contributed by atoms with Crippen molar-refractivity contribution < 1.29 is 14.7 Å². The Labute approximate surface area is 89.7 Å². The molecule has 0 saturated heterocycles. The van der Waals surface area contributed by atoms with Gasteiger partial charge in [-0.05, 0) is 12.1 Å². The Hall–Kier alpha value is -2.37. The van der Waals surface area contributed by atoms with Crippen LogP contribution in [0.5, 0.6) is 0 Å². The summed E-state index contributed by atoms with van der Waals surface area (Å²) in [6, 6.07) is 3.07. The van der Waals surface area contributed by atoms with E-state index in [1.807, 2.05) is 0 Å². The van der Waals surface area contributed by atoms with Crippen LogP contribution in [0.15, 0.2) is 29.3 Å². The molecule has 0 atom stereocenters. The zero-order chi connectivity index (χ0) is 11.7. The molecule has 0 aromatic carbocycles. The zero-order valence-electron chi connectivity index (χ0n) is 8.38. The smallest absolute Gasteiger partial charge is 0.341 e. The van der Waals surface area contributed by atoms with Gasteiger partial charge in [-0.3, -0.25) is 4.79 Å². The number of aromatic nitrogens is 2. The lowest BCUT2D eigenvalue weighted by atomic mass is 10.2. The highest BCUT2D eigenvalue weighted by atomic mass is 16.6. The third kappa shape index (κ3) is 1.40. The van der Waals surface area contributed by atoms with Crippen LogP contribution >= 0.6 is 0 Å². The topological polar surface area (TPSA) is 81.4 Å². The van der Waals surface area contributed by atoms with E-state index in [0.29, 0.717) is 5.65 Å². The van der Waals surface area contributed by atoms with Crippen LogP contribution in [0.1, 0.15) is 10.4 Å². The molecule has 6 heteroatoms. The molecule has 2 heterocycles. The van der Waals surface area contributed by atoms with E-state index in [-0.39, 0.29) is 10.9 Å². The van der Waals surface area contributed by atoms with Crippen LogP contribution in [0.4, 0.5) is 0 Å². The molecule has 2 aromatic rings. The van der Waals surface area contributed by atoms with Gasteiger partial charge in [-0.1, -0.05) is 0 Å². The van der Waals surface area contributed by atoms with E-state index in [4.69, 9.17) is 9.94 Å². The quantitative estimate of drug-likeness (QED) is 0.779. The zero-order valence-corrected chi connectivity index (χ0v) is 8.38. The number of carbonyl (C=O) groups is 1. The first kappa shape index (κ1) is 10.2. The third-order valence-electron chi connectivity index (χ3n) is 2.16. The lowest BCUT2D eigenvalue weighted by Crippen LogP contribution is -2.21. The van der Waals surface area contributed by atoms with Crippen molar-refractivity contribution in [2.24, 2.45) is 0 Å². The van der Waals surface area contributed by atoms with E-state index in [1.165, 1.54) is 19.4 Å². The number of nitrogens with zero attached hydrogens (tertiary/aromatic N) is 2. The molecule has 1 N–H and O–H groups in total. The van der Waals surface area contributed by atoms with E-state index >= 15 is 0 Å². The van der Waals surface area contributed by atoms with Crippen LogP contribution in [-0.2, 0) is 0 Å². The first-order valence-electron chi connectivity index (χ1n) is 4.43. The largest absolute Gasteiger partial charge is 0.477 e. The summed E-state index contributed by atoms with van der Waals surface area (Å²) in [6.45, 7) is 0. The fourth-order valence-corrected chi connectivity index (χ4v) is 1.42. The summed E-state index contributed by atoms with van der Waals surface area (Å²) in [5.41, 5.74) is -0.619. The standard InChI is InChI=1S/C10H8N2O4/c1-16-12-5-7(10(14)15)8(13)6-3-2-4-11-9(6)12/h2-5H,1H3,(H,14,15). The first-order chi connectivity index (χ1) is 7.65. The Morgan fingerprint density at radius 1 is 1.56 bits per heavy atom. The van der Waals surface area contributed by atoms with E-state index < -0.39 is 11.4 Å². The second-order valence-corrected chi connectivity index (χ2v) is 3.06. The number of aromatic carboxylic acids is 1. The number of carboxylic acids is 1. The van der Waals surface area contributed by atoms with Crippen molar-refractivity contribution in [2.75, 3.05) is 7.11 Å². The predicted octanol–water partition coefficient (Wildman–Crippen LogP) is 0.153. The Kier molecular flexibility index (Phi) is 2.32. The van der Waals surface area contributed by atoms with Crippen LogP contribution < -0.4 is 10.3 Å². The maximum absolute atomic E-state index is 11.7. The highest BCUT2D eigenvalue weighted by Crippen LogP contribution is 2.07. The van der Waals surface area contributed by atoms with Gasteiger partial charge >= 0.3 is 5.97 Å². The molecule has 0 fully saturated rings. The van der Waals surface area contributed by atoms with E-state index in [2.05, 4.69) is 4.98 Å². The van der Waals surface area contributed by atoms with Crippen LogP contribution in [0.3, 0.4) is 0 Å². The molecule has 2 aromatic heterocycles. The number of rotatable bonds is 2. The summed E-state index contributed by atoms with van der Waals surface area (Å²) in [6.07, 6.45) is 2.61. The molecule has 82 valence electrons. The van der Waals surface area contributed by atoms with Gasteiger partial charge in [0.15, 0.2) is 5.65 Å². The Bertz CT molecular complexity index is 618. The lowest BCUT2D eigenvalue weighted by molar-refractivity contribution is 0.0691. The SMILES string of the molecule is COn1cc(C(=O)O)c(=O)c2cccnc21. The molecule has 0 aliphatic carbocycles. The molecule has 0 spiro atoms. The van der Waals surface area contributed by atoms with Gasteiger partial charge in [0, 0.05) is 6.20 Å². The minimum atomic E-state index is -1.29. The Balaban J connectivity index is 2.94. The predicted molar refractivity (Wildman–Crippen MR) is 55.5 cm³/mol. The normalized spacial score (nSPS) is 10.3.